The molecule has 0 radical (unpaired) electrons. The molecule has 2 aromatic rings. The molecule has 100 valence electrons. The van der Waals surface area contributed by atoms with Crippen LogP contribution in [0.25, 0.3) is 0 Å². The average Bonchev–Trinajstić information content (AvgIpc) is 2.80. The van der Waals surface area contributed by atoms with Crippen molar-refractivity contribution in [2.24, 2.45) is 0 Å². The van der Waals surface area contributed by atoms with Gasteiger partial charge in [0.15, 0.2) is 0 Å². The van der Waals surface area contributed by atoms with E-state index in [9.17, 15) is 4.39 Å². The molecule has 0 bridgehead atoms. The number of hydrogen-bond donors (Lipinski definition) is 2. The van der Waals surface area contributed by atoms with Crippen LogP contribution < -0.4 is 5.46 Å². The molecule has 0 aliphatic rings. The molecule has 19 heavy (non-hydrogen) atoms. The molecule has 0 aliphatic carbocycles. The Bertz CT molecular complexity index is 531. The molecule has 0 atom stereocenters. The Morgan fingerprint density at radius 3 is 2.68 bits per heavy atom. The second kappa shape index (κ2) is 6.01. The van der Waals surface area contributed by atoms with Gasteiger partial charge in [0.25, 0.3) is 0 Å². The minimum Gasteiger partial charge on any atom is -0.468 e. The number of hydrogen-bond acceptors (Lipinski definition) is 4. The van der Waals surface area contributed by atoms with Gasteiger partial charge in [-0.05, 0) is 42.3 Å². The maximum Gasteiger partial charge on any atom is 0.488 e. The minimum absolute atomic E-state index is 0.154. The lowest BCUT2D eigenvalue weighted by atomic mass is 9.79. The first kappa shape index (κ1) is 13.8. The maximum absolute atomic E-state index is 13.4. The van der Waals surface area contributed by atoms with E-state index in [1.54, 1.807) is 12.3 Å². The summed E-state index contributed by atoms with van der Waals surface area (Å²) in [5.41, 5.74) is 0.832. The van der Waals surface area contributed by atoms with E-state index in [4.69, 9.17) is 14.5 Å². The Kier molecular flexibility index (Phi) is 4.37. The van der Waals surface area contributed by atoms with Crippen LogP contribution in [0.2, 0.25) is 0 Å². The van der Waals surface area contributed by atoms with Crippen LogP contribution in [0.1, 0.15) is 11.3 Å². The van der Waals surface area contributed by atoms with Gasteiger partial charge in [-0.3, -0.25) is 4.90 Å². The largest absolute Gasteiger partial charge is 0.488 e. The second-order valence-electron chi connectivity index (χ2n) is 4.52. The Morgan fingerprint density at radius 1 is 1.26 bits per heavy atom. The zero-order valence-corrected chi connectivity index (χ0v) is 10.6. The van der Waals surface area contributed by atoms with Crippen LogP contribution in [-0.4, -0.2) is 29.1 Å². The first-order valence-corrected chi connectivity index (χ1v) is 5.91. The fraction of sp³-hybridized carbons (Fsp3) is 0.231. The first-order chi connectivity index (χ1) is 9.04. The molecule has 1 heterocycles. The van der Waals surface area contributed by atoms with Gasteiger partial charge in [-0.15, -0.1) is 0 Å². The molecule has 0 saturated heterocycles. The van der Waals surface area contributed by atoms with E-state index in [1.807, 2.05) is 24.1 Å². The van der Waals surface area contributed by atoms with Gasteiger partial charge in [-0.1, -0.05) is 6.07 Å². The van der Waals surface area contributed by atoms with Gasteiger partial charge in [0.05, 0.1) is 12.8 Å². The van der Waals surface area contributed by atoms with Crippen LogP contribution in [0, 0.1) is 5.82 Å². The number of halogens is 1. The van der Waals surface area contributed by atoms with Crippen molar-refractivity contribution < 1.29 is 18.9 Å². The summed E-state index contributed by atoms with van der Waals surface area (Å²) in [6.45, 7) is 1.08. The van der Waals surface area contributed by atoms with Gasteiger partial charge in [-0.25, -0.2) is 4.39 Å². The molecule has 0 unspecified atom stereocenters. The number of nitrogens with zero attached hydrogens (tertiary/aromatic N) is 1. The standard InChI is InChI=1S/C13H15BFNO3/c1-16(9-13-3-2-4-19-13)8-10-5-11(14(17)18)7-12(15)6-10/h2-7,17-18H,8-9H2,1H3. The molecule has 0 fully saturated rings. The van der Waals surface area contributed by atoms with E-state index in [1.165, 1.54) is 6.07 Å². The van der Waals surface area contributed by atoms with E-state index in [0.29, 0.717) is 18.7 Å². The van der Waals surface area contributed by atoms with Gasteiger partial charge >= 0.3 is 7.12 Å². The first-order valence-electron chi connectivity index (χ1n) is 5.91. The highest BCUT2D eigenvalue weighted by molar-refractivity contribution is 6.58. The van der Waals surface area contributed by atoms with E-state index < -0.39 is 12.9 Å². The summed E-state index contributed by atoms with van der Waals surface area (Å²) < 4.78 is 18.6. The van der Waals surface area contributed by atoms with E-state index in [0.717, 1.165) is 11.8 Å². The highest BCUT2D eigenvalue weighted by atomic mass is 19.1. The van der Waals surface area contributed by atoms with Crippen molar-refractivity contribution in [1.82, 2.24) is 4.90 Å². The van der Waals surface area contributed by atoms with Crippen molar-refractivity contribution in [1.29, 1.82) is 0 Å². The third-order valence-corrected chi connectivity index (χ3v) is 2.74. The lowest BCUT2D eigenvalue weighted by Gasteiger charge is -2.16. The van der Waals surface area contributed by atoms with Gasteiger partial charge in [0, 0.05) is 6.54 Å². The molecule has 2 rings (SSSR count). The quantitative estimate of drug-likeness (QED) is 0.781. The number of benzene rings is 1. The van der Waals surface area contributed by atoms with E-state index in [2.05, 4.69) is 0 Å². The highest BCUT2D eigenvalue weighted by Crippen LogP contribution is 2.09. The van der Waals surface area contributed by atoms with Crippen LogP contribution in [-0.2, 0) is 13.1 Å². The third-order valence-electron chi connectivity index (χ3n) is 2.74. The van der Waals surface area contributed by atoms with Crippen molar-refractivity contribution in [3.8, 4) is 0 Å². The fourth-order valence-electron chi connectivity index (χ4n) is 1.95. The van der Waals surface area contributed by atoms with Crippen molar-refractivity contribution in [2.45, 2.75) is 13.1 Å². The van der Waals surface area contributed by atoms with Gasteiger partial charge in [0.2, 0.25) is 0 Å². The summed E-state index contributed by atoms with van der Waals surface area (Å²) in [5.74, 6) is 0.341. The molecule has 6 heteroatoms. The lowest BCUT2D eigenvalue weighted by molar-refractivity contribution is 0.287. The zero-order chi connectivity index (χ0) is 13.8. The second-order valence-corrected chi connectivity index (χ2v) is 4.52. The molecule has 4 nitrogen and oxygen atoms in total. The Labute approximate surface area is 111 Å². The smallest absolute Gasteiger partial charge is 0.468 e. The van der Waals surface area contributed by atoms with Crippen molar-refractivity contribution in [3.63, 3.8) is 0 Å². The van der Waals surface area contributed by atoms with Crippen LogP contribution in [0.4, 0.5) is 4.39 Å². The third kappa shape index (κ3) is 3.92. The summed E-state index contributed by atoms with van der Waals surface area (Å²) in [6, 6.07) is 7.74. The Morgan fingerprint density at radius 2 is 2.05 bits per heavy atom. The molecular formula is C13H15BFNO3. The van der Waals surface area contributed by atoms with Crippen LogP contribution in [0.15, 0.2) is 41.0 Å². The predicted molar refractivity (Wildman–Crippen MR) is 70.1 cm³/mol. The predicted octanol–water partition coefficient (Wildman–Crippen LogP) is 0.731. The molecule has 0 amide bonds. The number of rotatable bonds is 5. The van der Waals surface area contributed by atoms with Crippen molar-refractivity contribution in [3.05, 3.63) is 53.7 Å². The SMILES string of the molecule is CN(Cc1cc(F)cc(B(O)O)c1)Cc1ccco1. The zero-order valence-electron chi connectivity index (χ0n) is 10.6. The fourth-order valence-corrected chi connectivity index (χ4v) is 1.95. The van der Waals surface area contributed by atoms with Gasteiger partial charge in [0.1, 0.15) is 11.6 Å². The Balaban J connectivity index is 2.05. The van der Waals surface area contributed by atoms with Gasteiger partial charge < -0.3 is 14.5 Å². The maximum atomic E-state index is 13.4. The monoisotopic (exact) mass is 263 g/mol. The lowest BCUT2D eigenvalue weighted by Crippen LogP contribution is -2.31. The summed E-state index contributed by atoms with van der Waals surface area (Å²) >= 11 is 0. The van der Waals surface area contributed by atoms with Crippen LogP contribution in [0.5, 0.6) is 0 Å². The van der Waals surface area contributed by atoms with Crippen LogP contribution in [0.3, 0.4) is 0 Å². The molecule has 2 N–H and O–H groups in total. The summed E-state index contributed by atoms with van der Waals surface area (Å²) in [7, 11) is 0.215. The van der Waals surface area contributed by atoms with Crippen molar-refractivity contribution >= 4 is 12.6 Å². The molecule has 1 aromatic carbocycles. The number of furan rings is 1. The molecular weight excluding hydrogens is 248 g/mol. The van der Waals surface area contributed by atoms with E-state index in [-0.39, 0.29) is 5.46 Å². The molecule has 0 spiro atoms. The molecule has 1 aromatic heterocycles. The normalized spacial score (nSPS) is 11.0. The minimum atomic E-state index is -1.66. The average molecular weight is 263 g/mol. The van der Waals surface area contributed by atoms with E-state index >= 15 is 0 Å². The molecule has 0 aliphatic heterocycles. The van der Waals surface area contributed by atoms with Crippen LogP contribution >= 0.6 is 0 Å². The highest BCUT2D eigenvalue weighted by Gasteiger charge is 2.14. The van der Waals surface area contributed by atoms with Gasteiger partial charge in [-0.2, -0.15) is 0 Å². The molecule has 0 saturated carbocycles. The summed E-state index contributed by atoms with van der Waals surface area (Å²) in [5, 5.41) is 18.1. The Hall–Kier alpha value is -1.63. The summed E-state index contributed by atoms with van der Waals surface area (Å²) in [4.78, 5) is 1.95. The summed E-state index contributed by atoms with van der Waals surface area (Å²) in [6.07, 6.45) is 1.60. The topological polar surface area (TPSA) is 56.8 Å². The van der Waals surface area contributed by atoms with Crippen molar-refractivity contribution in [2.75, 3.05) is 7.05 Å².